The average molecular weight is 408 g/mol. The molecule has 1 aliphatic heterocycles. The summed E-state index contributed by atoms with van der Waals surface area (Å²) in [5, 5.41) is 0.565. The second kappa shape index (κ2) is 7.96. The highest BCUT2D eigenvalue weighted by molar-refractivity contribution is 6.35. The lowest BCUT2D eigenvalue weighted by atomic mass is 10.2. The molecule has 1 unspecified atom stereocenters. The molecule has 1 fully saturated rings. The molecule has 1 heterocycles. The summed E-state index contributed by atoms with van der Waals surface area (Å²) in [5.74, 6) is -0.802. The molecule has 0 aliphatic carbocycles. The molecule has 1 aliphatic rings. The van der Waals surface area contributed by atoms with Crippen LogP contribution in [0.3, 0.4) is 0 Å². The van der Waals surface area contributed by atoms with E-state index in [4.69, 9.17) is 27.9 Å². The number of ether oxygens (including phenoxy) is 1. The minimum Gasteiger partial charge on any atom is -0.497 e. The molecule has 2 N–H and O–H groups in total. The van der Waals surface area contributed by atoms with Crippen molar-refractivity contribution in [3.63, 3.8) is 0 Å². The van der Waals surface area contributed by atoms with Crippen LogP contribution in [0.1, 0.15) is 16.8 Å². The maximum Gasteiger partial charge on any atom is 0.266 e. The number of halogens is 2. The number of benzene rings is 2. The van der Waals surface area contributed by atoms with Gasteiger partial charge in [-0.3, -0.25) is 19.8 Å². The average Bonchev–Trinajstić information content (AvgIpc) is 2.95. The molecular formula is C18H15Cl2N3O4. The number of amides is 3. The molecule has 0 bridgehead atoms. The van der Waals surface area contributed by atoms with Crippen molar-refractivity contribution in [1.29, 1.82) is 0 Å². The Kier molecular flexibility index (Phi) is 5.65. The molecule has 1 saturated heterocycles. The molecule has 3 amide bonds. The van der Waals surface area contributed by atoms with Crippen molar-refractivity contribution in [1.82, 2.24) is 10.9 Å². The molecule has 0 radical (unpaired) electrons. The van der Waals surface area contributed by atoms with Crippen LogP contribution in [0, 0.1) is 0 Å². The normalized spacial score (nSPS) is 16.6. The third kappa shape index (κ3) is 4.05. The van der Waals surface area contributed by atoms with Crippen LogP contribution < -0.4 is 20.5 Å². The fourth-order valence-corrected chi connectivity index (χ4v) is 3.01. The summed E-state index contributed by atoms with van der Waals surface area (Å²) in [5.41, 5.74) is 5.57. The van der Waals surface area contributed by atoms with E-state index in [0.29, 0.717) is 16.5 Å². The van der Waals surface area contributed by atoms with Crippen molar-refractivity contribution in [3.05, 3.63) is 58.1 Å². The second-order valence-corrected chi connectivity index (χ2v) is 6.59. The fourth-order valence-electron chi connectivity index (χ4n) is 2.64. The Morgan fingerprint density at radius 2 is 1.85 bits per heavy atom. The van der Waals surface area contributed by atoms with Crippen molar-refractivity contribution in [2.24, 2.45) is 0 Å². The lowest BCUT2D eigenvalue weighted by molar-refractivity contribution is -0.121. The van der Waals surface area contributed by atoms with Gasteiger partial charge in [-0.25, -0.2) is 10.3 Å². The van der Waals surface area contributed by atoms with E-state index in [1.807, 2.05) is 0 Å². The highest BCUT2D eigenvalue weighted by Crippen LogP contribution is 2.25. The summed E-state index contributed by atoms with van der Waals surface area (Å²) in [6, 6.07) is 10.1. The van der Waals surface area contributed by atoms with Crippen LogP contribution >= 0.6 is 23.2 Å². The van der Waals surface area contributed by atoms with Crippen LogP contribution in [0.2, 0.25) is 10.0 Å². The number of rotatable bonds is 5. The minimum atomic E-state index is -0.887. The third-order valence-corrected chi connectivity index (χ3v) is 4.57. The molecule has 0 aromatic heterocycles. The van der Waals surface area contributed by atoms with E-state index < -0.39 is 17.9 Å². The van der Waals surface area contributed by atoms with E-state index in [0.717, 1.165) is 4.90 Å². The summed E-state index contributed by atoms with van der Waals surface area (Å²) in [4.78, 5) is 38.1. The van der Waals surface area contributed by atoms with Gasteiger partial charge in [0.05, 0.1) is 29.8 Å². The first-order valence-corrected chi connectivity index (χ1v) is 8.68. The fraction of sp³-hybridized carbons (Fsp3) is 0.167. The Hall–Kier alpha value is -2.61. The third-order valence-electron chi connectivity index (χ3n) is 4.01. The molecule has 3 rings (SSSR count). The van der Waals surface area contributed by atoms with Gasteiger partial charge in [0.2, 0.25) is 5.91 Å². The van der Waals surface area contributed by atoms with Gasteiger partial charge in [-0.1, -0.05) is 23.2 Å². The van der Waals surface area contributed by atoms with Crippen molar-refractivity contribution in [3.8, 4) is 5.75 Å². The molecule has 0 saturated carbocycles. The van der Waals surface area contributed by atoms with Gasteiger partial charge in [0.15, 0.2) is 0 Å². The molecule has 2 aromatic rings. The number of methoxy groups -OCH3 is 1. The van der Waals surface area contributed by atoms with E-state index in [9.17, 15) is 14.4 Å². The predicted molar refractivity (Wildman–Crippen MR) is 101 cm³/mol. The van der Waals surface area contributed by atoms with Crippen LogP contribution in [0.15, 0.2) is 42.5 Å². The summed E-state index contributed by atoms with van der Waals surface area (Å²) in [6.07, 6.45) is -0.0889. The van der Waals surface area contributed by atoms with Gasteiger partial charge in [0, 0.05) is 5.02 Å². The highest BCUT2D eigenvalue weighted by Gasteiger charge is 2.39. The van der Waals surface area contributed by atoms with Crippen molar-refractivity contribution in [2.75, 3.05) is 12.0 Å². The van der Waals surface area contributed by atoms with Crippen LogP contribution in [0.25, 0.3) is 0 Å². The van der Waals surface area contributed by atoms with E-state index in [2.05, 4.69) is 10.9 Å². The molecule has 7 nitrogen and oxygen atoms in total. The molecule has 27 heavy (non-hydrogen) atoms. The van der Waals surface area contributed by atoms with Gasteiger partial charge in [-0.15, -0.1) is 0 Å². The second-order valence-electron chi connectivity index (χ2n) is 5.74. The summed E-state index contributed by atoms with van der Waals surface area (Å²) in [6.45, 7) is 0. The topological polar surface area (TPSA) is 87.7 Å². The van der Waals surface area contributed by atoms with Gasteiger partial charge in [-0.05, 0) is 42.5 Å². The first-order valence-electron chi connectivity index (χ1n) is 7.92. The standard InChI is InChI=1S/C18H15Cl2N3O4/c1-27-12-5-3-11(4-6-12)23-16(24)9-15(18(23)26)21-22-17(25)13-8-10(19)2-7-14(13)20/h2-8,15,21H,9H2,1H3,(H,22,25). The van der Waals surface area contributed by atoms with Crippen LogP contribution in [-0.4, -0.2) is 30.9 Å². The van der Waals surface area contributed by atoms with Crippen LogP contribution in [0.4, 0.5) is 5.69 Å². The maximum absolute atomic E-state index is 12.6. The number of carbonyl (C=O) groups is 3. The number of imide groups is 1. The zero-order valence-electron chi connectivity index (χ0n) is 14.2. The lowest BCUT2D eigenvalue weighted by Gasteiger charge is -2.16. The monoisotopic (exact) mass is 407 g/mol. The Bertz CT molecular complexity index is 902. The number of nitrogens with one attached hydrogen (secondary N) is 2. The van der Waals surface area contributed by atoms with Gasteiger partial charge >= 0.3 is 0 Å². The van der Waals surface area contributed by atoms with Gasteiger partial charge in [0.1, 0.15) is 11.8 Å². The first-order chi connectivity index (χ1) is 12.9. The Labute approximate surface area is 165 Å². The van der Waals surface area contributed by atoms with Gasteiger partial charge < -0.3 is 4.74 Å². The Morgan fingerprint density at radius 3 is 2.52 bits per heavy atom. The zero-order chi connectivity index (χ0) is 19.6. The number of nitrogens with zero attached hydrogens (tertiary/aromatic N) is 1. The van der Waals surface area contributed by atoms with Crippen molar-refractivity contribution in [2.45, 2.75) is 12.5 Å². The van der Waals surface area contributed by atoms with Crippen LogP contribution in [0.5, 0.6) is 5.75 Å². The molecule has 0 spiro atoms. The number of carbonyl (C=O) groups excluding carboxylic acids is 3. The van der Waals surface area contributed by atoms with Gasteiger partial charge in [-0.2, -0.15) is 0 Å². The summed E-state index contributed by atoms with van der Waals surface area (Å²) < 4.78 is 5.06. The van der Waals surface area contributed by atoms with Gasteiger partial charge in [0.25, 0.3) is 11.8 Å². The molecule has 2 aromatic carbocycles. The number of hydrazine groups is 1. The summed E-state index contributed by atoms with van der Waals surface area (Å²) in [7, 11) is 1.52. The molecule has 1 atom stereocenters. The maximum atomic E-state index is 12.6. The SMILES string of the molecule is COc1ccc(N2C(=O)CC(NNC(=O)c3cc(Cl)ccc3Cl)C2=O)cc1. The van der Waals surface area contributed by atoms with Crippen LogP contribution in [-0.2, 0) is 9.59 Å². The summed E-state index contributed by atoms with van der Waals surface area (Å²) >= 11 is 11.8. The Balaban J connectivity index is 1.68. The first kappa shape index (κ1) is 19.2. The number of hydrogen-bond acceptors (Lipinski definition) is 5. The Morgan fingerprint density at radius 1 is 1.15 bits per heavy atom. The van der Waals surface area contributed by atoms with Crippen molar-refractivity contribution >= 4 is 46.6 Å². The quantitative estimate of drug-likeness (QED) is 0.587. The van der Waals surface area contributed by atoms with E-state index in [-0.39, 0.29) is 22.9 Å². The highest BCUT2D eigenvalue weighted by atomic mass is 35.5. The molecule has 9 heteroatoms. The van der Waals surface area contributed by atoms with Crippen molar-refractivity contribution < 1.29 is 19.1 Å². The predicted octanol–water partition coefficient (Wildman–Crippen LogP) is 2.57. The van der Waals surface area contributed by atoms with E-state index >= 15 is 0 Å². The zero-order valence-corrected chi connectivity index (χ0v) is 15.7. The lowest BCUT2D eigenvalue weighted by Crippen LogP contribution is -2.48. The van der Waals surface area contributed by atoms with E-state index in [1.54, 1.807) is 30.3 Å². The number of anilines is 1. The molecule has 140 valence electrons. The molecular weight excluding hydrogens is 393 g/mol. The largest absolute Gasteiger partial charge is 0.497 e. The smallest absolute Gasteiger partial charge is 0.266 e. The van der Waals surface area contributed by atoms with E-state index in [1.165, 1.54) is 19.2 Å². The minimum absolute atomic E-state index is 0.0889. The number of hydrogen-bond donors (Lipinski definition) is 2.